The molecule has 5 rings (SSSR count). The van der Waals surface area contributed by atoms with Gasteiger partial charge >= 0.3 is 5.69 Å². The van der Waals surface area contributed by atoms with Crippen molar-refractivity contribution in [3.63, 3.8) is 0 Å². The zero-order valence-corrected chi connectivity index (χ0v) is 22.0. The number of hydrogen-bond donors (Lipinski definition) is 1. The van der Waals surface area contributed by atoms with E-state index < -0.39 is 32.6 Å². The summed E-state index contributed by atoms with van der Waals surface area (Å²) in [6, 6.07) is 12.0. The summed E-state index contributed by atoms with van der Waals surface area (Å²) in [4.78, 5) is 43.0. The number of sulfone groups is 1. The van der Waals surface area contributed by atoms with Gasteiger partial charge in [-0.2, -0.15) is 0 Å². The van der Waals surface area contributed by atoms with Gasteiger partial charge in [-0.1, -0.05) is 23.7 Å². The molecule has 0 unspecified atom stereocenters. The summed E-state index contributed by atoms with van der Waals surface area (Å²) in [6.45, 7) is 0.132. The lowest BCUT2D eigenvalue weighted by Crippen LogP contribution is -2.34. The van der Waals surface area contributed by atoms with E-state index in [1.165, 1.54) is 18.4 Å². The number of Topliss-reactive ketones (excluding diaryl/α,β-unsaturated/α-hetero) is 1. The van der Waals surface area contributed by atoms with Crippen LogP contribution in [0.5, 0.6) is 5.75 Å². The smallest absolute Gasteiger partial charge is 0.333 e. The third kappa shape index (κ3) is 4.61. The minimum absolute atomic E-state index is 0.0200. The minimum atomic E-state index is -3.74. The molecule has 0 aliphatic heterocycles. The molecule has 0 amide bonds. The number of thiophene rings is 1. The molecule has 0 spiro atoms. The van der Waals surface area contributed by atoms with E-state index in [1.54, 1.807) is 51.7 Å². The summed E-state index contributed by atoms with van der Waals surface area (Å²) >= 11 is 7.55. The molecule has 0 radical (unpaired) electrons. The molecule has 5 aromatic rings. The van der Waals surface area contributed by atoms with Crippen LogP contribution in [-0.4, -0.2) is 47.4 Å². The number of halogens is 1. The largest absolute Gasteiger partial charge is 0.497 e. The zero-order chi connectivity index (χ0) is 26.5. The third-order valence-corrected chi connectivity index (χ3v) is 7.66. The fraction of sp³-hybridized carbons (Fsp3) is 0.160. The molecule has 190 valence electrons. The van der Waals surface area contributed by atoms with Gasteiger partial charge in [0.1, 0.15) is 17.2 Å². The number of aromatic nitrogens is 3. The number of carbonyl (C=O) groups excluding carboxylic acids is 1. The lowest BCUT2D eigenvalue weighted by atomic mass is 10.2. The highest BCUT2D eigenvalue weighted by atomic mass is 35.5. The SMILES string of the molecule is COc1cccc(Cn2c(C(=O)CS(C)(=O)=O)c(-n3c(=O)[nH]c4cscc4c3=O)c3cc(Cl)ccc32)c1. The number of hydrogen-bond acceptors (Lipinski definition) is 7. The Morgan fingerprint density at radius 2 is 1.89 bits per heavy atom. The standard InChI is InChI=1S/C25H20ClN3O6S2/c1-35-16-5-3-4-14(8-16)10-28-20-7-6-15(26)9-17(20)22(23(28)21(30)13-37(2,33)34)29-24(31)18-11-36-12-19(18)27-25(29)32/h3-9,11-12H,10,13H2,1-2H3,(H,27,32). The number of methoxy groups -OCH3 is 1. The average Bonchev–Trinajstić information content (AvgIpc) is 3.41. The topological polar surface area (TPSA) is 120 Å². The van der Waals surface area contributed by atoms with Crippen molar-refractivity contribution in [2.75, 3.05) is 19.1 Å². The molecule has 0 aliphatic rings. The molecule has 2 aromatic carbocycles. The number of nitrogens with one attached hydrogen (secondary N) is 1. The Morgan fingerprint density at radius 3 is 2.62 bits per heavy atom. The van der Waals surface area contributed by atoms with E-state index in [-0.39, 0.29) is 23.3 Å². The molecule has 1 N–H and O–H groups in total. The molecule has 0 aliphatic carbocycles. The summed E-state index contributed by atoms with van der Waals surface area (Å²) in [5, 5.41) is 4.18. The van der Waals surface area contributed by atoms with Crippen LogP contribution in [0.1, 0.15) is 16.1 Å². The summed E-state index contributed by atoms with van der Waals surface area (Å²) in [7, 11) is -2.21. The highest BCUT2D eigenvalue weighted by molar-refractivity contribution is 7.91. The Labute approximate surface area is 219 Å². The van der Waals surface area contributed by atoms with Crippen LogP contribution in [0.25, 0.3) is 27.5 Å². The maximum absolute atomic E-state index is 13.6. The Morgan fingerprint density at radius 1 is 1.11 bits per heavy atom. The van der Waals surface area contributed by atoms with Gasteiger partial charge in [0.15, 0.2) is 15.6 Å². The first-order valence-corrected chi connectivity index (χ1v) is 14.3. The molecule has 0 bridgehead atoms. The molecule has 3 aromatic heterocycles. The van der Waals surface area contributed by atoms with E-state index in [2.05, 4.69) is 4.98 Å². The van der Waals surface area contributed by atoms with Gasteiger partial charge in [-0.3, -0.25) is 9.59 Å². The molecule has 0 saturated heterocycles. The van der Waals surface area contributed by atoms with Gasteiger partial charge in [-0.05, 0) is 35.9 Å². The van der Waals surface area contributed by atoms with E-state index in [9.17, 15) is 22.8 Å². The number of aromatic amines is 1. The summed E-state index contributed by atoms with van der Waals surface area (Å²) in [6.07, 6.45) is 0.951. The highest BCUT2D eigenvalue weighted by Gasteiger charge is 2.29. The normalized spacial score (nSPS) is 11.9. The van der Waals surface area contributed by atoms with Crippen molar-refractivity contribution in [1.29, 1.82) is 0 Å². The number of H-pyrrole nitrogens is 1. The van der Waals surface area contributed by atoms with Crippen molar-refractivity contribution in [3.05, 3.63) is 90.3 Å². The van der Waals surface area contributed by atoms with Crippen LogP contribution in [0.15, 0.2) is 62.8 Å². The predicted molar refractivity (Wildman–Crippen MR) is 145 cm³/mol. The lowest BCUT2D eigenvalue weighted by molar-refractivity contribution is 0.101. The van der Waals surface area contributed by atoms with Crippen molar-refractivity contribution in [2.45, 2.75) is 6.54 Å². The second kappa shape index (κ2) is 9.33. The van der Waals surface area contributed by atoms with Crippen LogP contribution in [0, 0.1) is 0 Å². The Balaban J connectivity index is 1.90. The second-order valence-electron chi connectivity index (χ2n) is 8.56. The molecular weight excluding hydrogens is 538 g/mol. The van der Waals surface area contributed by atoms with Crippen molar-refractivity contribution in [3.8, 4) is 11.4 Å². The van der Waals surface area contributed by atoms with E-state index in [4.69, 9.17) is 16.3 Å². The van der Waals surface area contributed by atoms with Gasteiger partial charge in [0, 0.05) is 34.0 Å². The van der Waals surface area contributed by atoms with Crippen LogP contribution in [0.3, 0.4) is 0 Å². The quantitative estimate of drug-likeness (QED) is 0.305. The molecule has 12 heteroatoms. The lowest BCUT2D eigenvalue weighted by Gasteiger charge is -2.13. The van der Waals surface area contributed by atoms with E-state index >= 15 is 0 Å². The Kier molecular flexibility index (Phi) is 6.30. The first-order valence-electron chi connectivity index (χ1n) is 10.9. The van der Waals surface area contributed by atoms with Crippen LogP contribution in [0.4, 0.5) is 0 Å². The fourth-order valence-electron chi connectivity index (χ4n) is 4.39. The summed E-state index contributed by atoms with van der Waals surface area (Å²) < 4.78 is 32.1. The number of ether oxygens (including phenoxy) is 1. The minimum Gasteiger partial charge on any atom is -0.497 e. The van der Waals surface area contributed by atoms with Crippen molar-refractivity contribution in [1.82, 2.24) is 14.1 Å². The van der Waals surface area contributed by atoms with Crippen molar-refractivity contribution < 1.29 is 17.9 Å². The zero-order valence-electron chi connectivity index (χ0n) is 19.6. The molecule has 37 heavy (non-hydrogen) atoms. The molecule has 3 heterocycles. The monoisotopic (exact) mass is 557 g/mol. The molecular formula is C25H20ClN3O6S2. The highest BCUT2D eigenvalue weighted by Crippen LogP contribution is 2.33. The number of ketones is 1. The average molecular weight is 558 g/mol. The molecule has 0 saturated carbocycles. The van der Waals surface area contributed by atoms with Gasteiger partial charge in [0.25, 0.3) is 5.56 Å². The number of rotatable bonds is 7. The number of fused-ring (bicyclic) bond motifs is 2. The Bertz CT molecular complexity index is 1930. The van der Waals surface area contributed by atoms with Gasteiger partial charge in [0.2, 0.25) is 0 Å². The first kappa shape index (κ1) is 25.0. The number of carbonyl (C=O) groups is 1. The van der Waals surface area contributed by atoms with Gasteiger partial charge in [-0.25, -0.2) is 17.8 Å². The first-order chi connectivity index (χ1) is 17.6. The van der Waals surface area contributed by atoms with E-state index in [1.807, 2.05) is 6.07 Å². The van der Waals surface area contributed by atoms with Crippen LogP contribution >= 0.6 is 22.9 Å². The van der Waals surface area contributed by atoms with Crippen molar-refractivity contribution >= 4 is 60.4 Å². The predicted octanol–water partition coefficient (Wildman–Crippen LogP) is 3.63. The van der Waals surface area contributed by atoms with E-state index in [0.29, 0.717) is 27.2 Å². The Hall–Kier alpha value is -3.67. The van der Waals surface area contributed by atoms with Crippen LogP contribution in [0.2, 0.25) is 5.02 Å². The van der Waals surface area contributed by atoms with Gasteiger partial charge < -0.3 is 14.3 Å². The molecule has 0 atom stereocenters. The van der Waals surface area contributed by atoms with Crippen molar-refractivity contribution in [2.24, 2.45) is 0 Å². The molecule has 0 fully saturated rings. The second-order valence-corrected chi connectivity index (χ2v) is 11.9. The maximum atomic E-state index is 13.6. The number of benzene rings is 2. The summed E-state index contributed by atoms with van der Waals surface area (Å²) in [5.41, 5.74) is 0.120. The fourth-order valence-corrected chi connectivity index (χ4v) is 5.93. The summed E-state index contributed by atoms with van der Waals surface area (Å²) in [5.74, 6) is -0.976. The van der Waals surface area contributed by atoms with Crippen LogP contribution in [-0.2, 0) is 16.4 Å². The molecule has 9 nitrogen and oxygen atoms in total. The van der Waals surface area contributed by atoms with Gasteiger partial charge in [-0.15, -0.1) is 11.3 Å². The van der Waals surface area contributed by atoms with Crippen LogP contribution < -0.4 is 16.0 Å². The maximum Gasteiger partial charge on any atom is 0.333 e. The number of nitrogens with zero attached hydrogens (tertiary/aromatic N) is 2. The van der Waals surface area contributed by atoms with E-state index in [0.717, 1.165) is 16.4 Å². The third-order valence-electron chi connectivity index (χ3n) is 5.89. The van der Waals surface area contributed by atoms with Gasteiger partial charge in [0.05, 0.1) is 29.2 Å².